The van der Waals surface area contributed by atoms with Crippen LogP contribution in [0.2, 0.25) is 4.34 Å². The van der Waals surface area contributed by atoms with Gasteiger partial charge in [-0.05, 0) is 30.1 Å². The average Bonchev–Trinajstić information content (AvgIpc) is 2.96. The van der Waals surface area contributed by atoms with E-state index in [2.05, 4.69) is 16.3 Å². The maximum Gasteiger partial charge on any atom is 0.170 e. The Kier molecular flexibility index (Phi) is 4.81. The molecule has 0 fully saturated rings. The fourth-order valence-corrected chi connectivity index (χ4v) is 4.56. The summed E-state index contributed by atoms with van der Waals surface area (Å²) in [4.78, 5) is 5.39. The van der Waals surface area contributed by atoms with E-state index in [0.717, 1.165) is 15.1 Å². The Labute approximate surface area is 118 Å². The van der Waals surface area contributed by atoms with E-state index in [-0.39, 0.29) is 11.3 Å². The van der Waals surface area contributed by atoms with Crippen molar-refractivity contribution in [1.29, 1.82) is 0 Å². The van der Waals surface area contributed by atoms with Crippen LogP contribution in [-0.2, 0) is 0 Å². The van der Waals surface area contributed by atoms with Crippen LogP contribution in [0.4, 0.5) is 0 Å². The van der Waals surface area contributed by atoms with Crippen molar-refractivity contribution in [3.05, 3.63) is 27.7 Å². The van der Waals surface area contributed by atoms with E-state index in [1.807, 2.05) is 12.1 Å². The summed E-state index contributed by atoms with van der Waals surface area (Å²) in [5.41, 5.74) is 6.17. The Morgan fingerprint density at radius 2 is 2.35 bits per heavy atom. The lowest BCUT2D eigenvalue weighted by atomic mass is 10.1. The fourth-order valence-electron chi connectivity index (χ4n) is 1.38. The minimum absolute atomic E-state index is 0.0959. The van der Waals surface area contributed by atoms with E-state index < -0.39 is 0 Å². The van der Waals surface area contributed by atoms with Gasteiger partial charge in [0.1, 0.15) is 6.33 Å². The highest BCUT2D eigenvalue weighted by Crippen LogP contribution is 2.42. The van der Waals surface area contributed by atoms with Gasteiger partial charge in [0.2, 0.25) is 0 Å². The lowest BCUT2D eigenvalue weighted by Crippen LogP contribution is -2.25. The lowest BCUT2D eigenvalue weighted by Gasteiger charge is -2.19. The number of hydrogen-bond donors (Lipinski definition) is 1. The number of aromatic nitrogens is 2. The highest BCUT2D eigenvalue weighted by atomic mass is 35.5. The van der Waals surface area contributed by atoms with Gasteiger partial charge in [0.15, 0.2) is 4.34 Å². The molecule has 7 heteroatoms. The molecular formula is C10H12ClN3S3. The third kappa shape index (κ3) is 3.42. The van der Waals surface area contributed by atoms with Gasteiger partial charge in [0.25, 0.3) is 0 Å². The van der Waals surface area contributed by atoms with Crippen molar-refractivity contribution in [1.82, 2.24) is 9.36 Å². The van der Waals surface area contributed by atoms with Gasteiger partial charge in [-0.1, -0.05) is 30.3 Å². The number of nitrogens with zero attached hydrogens (tertiary/aromatic N) is 2. The zero-order valence-corrected chi connectivity index (χ0v) is 12.4. The number of rotatable bonds is 5. The van der Waals surface area contributed by atoms with Crippen LogP contribution >= 0.6 is 46.2 Å². The van der Waals surface area contributed by atoms with Crippen LogP contribution in [0, 0.1) is 0 Å². The summed E-state index contributed by atoms with van der Waals surface area (Å²) in [7, 11) is 0. The second-order valence-electron chi connectivity index (χ2n) is 3.46. The molecule has 0 spiro atoms. The third-order valence-electron chi connectivity index (χ3n) is 2.30. The predicted molar refractivity (Wildman–Crippen MR) is 76.1 cm³/mol. The van der Waals surface area contributed by atoms with Crippen LogP contribution in [0.5, 0.6) is 0 Å². The molecule has 3 nitrogen and oxygen atoms in total. The predicted octanol–water partition coefficient (Wildman–Crippen LogP) is 3.82. The molecule has 2 heterocycles. The summed E-state index contributed by atoms with van der Waals surface area (Å²) in [6.07, 6.45) is 2.49. The molecule has 0 saturated heterocycles. The Balaban J connectivity index is 2.19. The molecular weight excluding hydrogens is 294 g/mol. The van der Waals surface area contributed by atoms with E-state index in [0.29, 0.717) is 0 Å². The van der Waals surface area contributed by atoms with Crippen LogP contribution in [0.1, 0.15) is 23.5 Å². The Morgan fingerprint density at radius 1 is 1.53 bits per heavy atom. The summed E-state index contributed by atoms with van der Waals surface area (Å²) >= 11 is 10.6. The molecule has 2 aromatic rings. The molecule has 0 amide bonds. The fraction of sp³-hybridized carbons (Fsp3) is 0.400. The lowest BCUT2D eigenvalue weighted by molar-refractivity contribution is 0.640. The van der Waals surface area contributed by atoms with Gasteiger partial charge in [-0.3, -0.25) is 0 Å². The van der Waals surface area contributed by atoms with Gasteiger partial charge in [0.05, 0.1) is 9.59 Å². The van der Waals surface area contributed by atoms with Gasteiger partial charge in [0, 0.05) is 10.9 Å². The van der Waals surface area contributed by atoms with Crippen molar-refractivity contribution in [2.24, 2.45) is 5.73 Å². The molecule has 0 aliphatic carbocycles. The Hall–Kier alpha value is -0.140. The van der Waals surface area contributed by atoms with Gasteiger partial charge in [-0.2, -0.15) is 4.37 Å². The summed E-state index contributed by atoms with van der Waals surface area (Å²) in [5.74, 6) is 0. The first-order valence-corrected chi connectivity index (χ1v) is 7.99. The van der Waals surface area contributed by atoms with E-state index in [1.54, 1.807) is 29.4 Å². The summed E-state index contributed by atoms with van der Waals surface area (Å²) in [6.45, 7) is 2.09. The summed E-state index contributed by atoms with van der Waals surface area (Å²) in [5, 5.41) is 0.199. The highest BCUT2D eigenvalue weighted by Gasteiger charge is 2.22. The Morgan fingerprint density at radius 3 is 2.88 bits per heavy atom. The van der Waals surface area contributed by atoms with Crippen LogP contribution in [0.25, 0.3) is 0 Å². The molecule has 2 aromatic heterocycles. The molecule has 2 rings (SSSR count). The van der Waals surface area contributed by atoms with Gasteiger partial charge >= 0.3 is 0 Å². The molecule has 2 unspecified atom stereocenters. The molecule has 0 aromatic carbocycles. The Bertz CT molecular complexity index is 457. The van der Waals surface area contributed by atoms with Crippen molar-refractivity contribution in [2.45, 2.75) is 29.0 Å². The minimum Gasteiger partial charge on any atom is -0.326 e. The zero-order chi connectivity index (χ0) is 12.3. The van der Waals surface area contributed by atoms with Crippen molar-refractivity contribution in [3.63, 3.8) is 0 Å². The maximum absolute atomic E-state index is 6.17. The normalized spacial score (nSPS) is 14.8. The number of hydrogen-bond acceptors (Lipinski definition) is 6. The molecule has 0 aliphatic rings. The average molecular weight is 306 g/mol. The topological polar surface area (TPSA) is 51.8 Å². The van der Waals surface area contributed by atoms with Crippen LogP contribution < -0.4 is 5.73 Å². The summed E-state index contributed by atoms with van der Waals surface area (Å²) in [6, 6.07) is 4.05. The quantitative estimate of drug-likeness (QED) is 0.853. The van der Waals surface area contributed by atoms with Gasteiger partial charge in [-0.25, -0.2) is 4.98 Å². The first-order valence-electron chi connectivity index (χ1n) is 5.15. The number of halogens is 1. The molecule has 0 bridgehead atoms. The number of nitrogens with two attached hydrogens (primary N) is 1. The molecule has 17 heavy (non-hydrogen) atoms. The highest BCUT2D eigenvalue weighted by molar-refractivity contribution is 8.01. The molecule has 2 N–H and O–H groups in total. The second-order valence-corrected chi connectivity index (χ2v) is 7.38. The van der Waals surface area contributed by atoms with Crippen molar-refractivity contribution >= 4 is 46.2 Å². The first-order chi connectivity index (χ1) is 8.20. The van der Waals surface area contributed by atoms with Crippen molar-refractivity contribution in [3.8, 4) is 0 Å². The van der Waals surface area contributed by atoms with Gasteiger partial charge in [-0.15, -0.1) is 11.3 Å². The van der Waals surface area contributed by atoms with Crippen molar-refractivity contribution in [2.75, 3.05) is 0 Å². The van der Waals surface area contributed by atoms with E-state index in [1.165, 1.54) is 16.4 Å². The zero-order valence-electron chi connectivity index (χ0n) is 9.17. The first kappa shape index (κ1) is 13.3. The van der Waals surface area contributed by atoms with E-state index in [4.69, 9.17) is 17.3 Å². The number of thiophene rings is 1. The van der Waals surface area contributed by atoms with Crippen LogP contribution in [-0.4, -0.2) is 15.4 Å². The van der Waals surface area contributed by atoms with E-state index in [9.17, 15) is 0 Å². The van der Waals surface area contributed by atoms with E-state index >= 15 is 0 Å². The molecule has 0 aliphatic heterocycles. The number of thioether (sulfide) groups is 1. The summed E-state index contributed by atoms with van der Waals surface area (Å²) < 4.78 is 5.75. The largest absolute Gasteiger partial charge is 0.326 e. The van der Waals surface area contributed by atoms with Gasteiger partial charge < -0.3 is 5.73 Å². The van der Waals surface area contributed by atoms with Crippen LogP contribution in [0.15, 0.2) is 22.8 Å². The SMILES string of the molecule is CCC(N)C(Sc1ncns1)c1ccc(Cl)s1. The monoisotopic (exact) mass is 305 g/mol. The molecule has 2 atom stereocenters. The smallest absolute Gasteiger partial charge is 0.170 e. The standard InChI is InChI=1S/C10H12ClN3S3/c1-2-6(12)9(7-3-4-8(11)15-7)16-10-13-5-14-17-10/h3-6,9H,2,12H2,1H3. The minimum atomic E-state index is 0.0959. The van der Waals surface area contributed by atoms with Crippen molar-refractivity contribution < 1.29 is 0 Å². The second kappa shape index (κ2) is 6.15. The molecule has 0 saturated carbocycles. The van der Waals surface area contributed by atoms with Crippen LogP contribution in [0.3, 0.4) is 0 Å². The molecule has 92 valence electrons. The third-order valence-corrected chi connectivity index (χ3v) is 5.91. The maximum atomic E-state index is 6.17. The molecule has 0 radical (unpaired) electrons.